The lowest BCUT2D eigenvalue weighted by Crippen LogP contribution is -2.54. The van der Waals surface area contributed by atoms with Gasteiger partial charge in [0.1, 0.15) is 11.5 Å². The lowest BCUT2D eigenvalue weighted by atomic mass is 9.98. The van der Waals surface area contributed by atoms with Crippen molar-refractivity contribution in [2.45, 2.75) is 19.8 Å². The number of aromatic nitrogens is 8. The van der Waals surface area contributed by atoms with Gasteiger partial charge >= 0.3 is 5.97 Å². The van der Waals surface area contributed by atoms with Crippen molar-refractivity contribution in [3.63, 3.8) is 0 Å². The quantitative estimate of drug-likeness (QED) is 0.100. The van der Waals surface area contributed by atoms with Gasteiger partial charge in [-0.25, -0.2) is 19.7 Å². The first-order valence-corrected chi connectivity index (χ1v) is 18.0. The van der Waals surface area contributed by atoms with Crippen LogP contribution in [-0.2, 0) is 54.4 Å². The molecular formula is C36H42N14O8. The molecule has 0 spiro atoms. The zero-order chi connectivity index (χ0) is 41.8. The molecule has 304 valence electrons. The summed E-state index contributed by atoms with van der Waals surface area (Å²) < 4.78 is 12.6. The summed E-state index contributed by atoms with van der Waals surface area (Å²) in [6.07, 6.45) is 8.95. The number of carbonyl (C=O) groups excluding carboxylic acids is 7. The fourth-order valence-electron chi connectivity index (χ4n) is 6.05. The van der Waals surface area contributed by atoms with Crippen LogP contribution in [0.4, 0.5) is 28.8 Å². The second-order valence-corrected chi connectivity index (χ2v) is 13.6. The molecule has 6 amide bonds. The zero-order valence-corrected chi connectivity index (χ0v) is 32.5. The van der Waals surface area contributed by atoms with E-state index in [2.05, 4.69) is 41.5 Å². The van der Waals surface area contributed by atoms with Crippen LogP contribution in [-0.4, -0.2) is 104 Å². The van der Waals surface area contributed by atoms with E-state index in [1.165, 1.54) is 38.7 Å². The minimum atomic E-state index is -0.610. The molecule has 0 aliphatic carbocycles. The Morgan fingerprint density at radius 1 is 0.672 bits per heavy atom. The number of carbonyl (C=O) groups is 7. The maximum absolute atomic E-state index is 13.3. The summed E-state index contributed by atoms with van der Waals surface area (Å²) in [5.41, 5.74) is 1.04. The molecule has 0 bridgehead atoms. The summed E-state index contributed by atoms with van der Waals surface area (Å²) in [7, 11) is 8.21. The van der Waals surface area contributed by atoms with Gasteiger partial charge < -0.3 is 59.1 Å². The molecule has 22 nitrogen and oxygen atoms in total. The Kier molecular flexibility index (Phi) is 11.6. The van der Waals surface area contributed by atoms with Crippen LogP contribution in [0.5, 0.6) is 0 Å². The van der Waals surface area contributed by atoms with Gasteiger partial charge in [-0.2, -0.15) is 0 Å². The molecule has 0 atom stereocenters. The normalized spacial score (nSPS) is 12.4. The van der Waals surface area contributed by atoms with Crippen molar-refractivity contribution in [2.24, 2.45) is 41.2 Å². The highest BCUT2D eigenvalue weighted by Crippen LogP contribution is 2.24. The second kappa shape index (κ2) is 16.7. The Balaban J connectivity index is 0.951. The van der Waals surface area contributed by atoms with Crippen molar-refractivity contribution in [2.75, 3.05) is 46.3 Å². The molecular weight excluding hydrogens is 756 g/mol. The van der Waals surface area contributed by atoms with Gasteiger partial charge in [0.2, 0.25) is 29.4 Å². The molecule has 0 radical (unpaired) electrons. The maximum Gasteiger partial charge on any atom is 0.374 e. The first-order chi connectivity index (χ1) is 27.6. The Labute approximate surface area is 330 Å². The van der Waals surface area contributed by atoms with Crippen LogP contribution >= 0.6 is 0 Å². The molecule has 0 aromatic carbocycles. The minimum absolute atomic E-state index is 0.0295. The molecule has 5 aromatic rings. The number of likely N-dealkylation sites (tertiary alicyclic amines) is 1. The van der Waals surface area contributed by atoms with Gasteiger partial charge in [0, 0.05) is 104 Å². The van der Waals surface area contributed by atoms with Crippen molar-refractivity contribution in [3.8, 4) is 0 Å². The predicted octanol–water partition coefficient (Wildman–Crippen LogP) is 1.31. The Hall–Kier alpha value is -7.52. The van der Waals surface area contributed by atoms with Gasteiger partial charge in [0.15, 0.2) is 17.5 Å². The van der Waals surface area contributed by atoms with Crippen molar-refractivity contribution in [1.82, 2.24) is 42.7 Å². The number of nitrogens with zero attached hydrogens (tertiary/aromatic N) is 9. The third-order valence-electron chi connectivity index (χ3n) is 9.09. The van der Waals surface area contributed by atoms with Crippen molar-refractivity contribution in [3.05, 3.63) is 72.5 Å². The fourth-order valence-corrected chi connectivity index (χ4v) is 6.05. The second-order valence-electron chi connectivity index (χ2n) is 13.6. The van der Waals surface area contributed by atoms with Crippen LogP contribution in [0.25, 0.3) is 0 Å². The fraction of sp³-hybridized carbons (Fsp3) is 0.333. The number of ether oxygens (including phenoxy) is 1. The molecule has 1 saturated heterocycles. The Morgan fingerprint density at radius 3 is 1.91 bits per heavy atom. The molecule has 58 heavy (non-hydrogen) atoms. The van der Waals surface area contributed by atoms with Crippen molar-refractivity contribution < 1.29 is 38.3 Å². The number of hydrogen-bond acceptors (Lipinski definition) is 11. The van der Waals surface area contributed by atoms with E-state index in [9.17, 15) is 33.6 Å². The molecule has 5 aromatic heterocycles. The Morgan fingerprint density at radius 2 is 1.26 bits per heavy atom. The average molecular weight is 799 g/mol. The molecule has 6 heterocycles. The number of rotatable bonds is 14. The van der Waals surface area contributed by atoms with Crippen LogP contribution < -0.4 is 26.6 Å². The third-order valence-corrected chi connectivity index (χ3v) is 9.09. The summed E-state index contributed by atoms with van der Waals surface area (Å²) in [6, 6.07) is 3.08. The topological polar surface area (TPSA) is 255 Å². The SMILES string of the molecule is CCOC(=O)c1nc(NC(=O)C2CN(C(=O)c3cc(NC(=O)c4nc(NC(=O)CCC(=O)Nc5cc(NC(=O)c6nccn6C)cn5C)cn4C)cn3C)C2)cn1C. The minimum Gasteiger partial charge on any atom is -0.460 e. The number of aryl methyl sites for hydroxylation is 5. The smallest absolute Gasteiger partial charge is 0.374 e. The van der Waals surface area contributed by atoms with Crippen LogP contribution in [0.3, 0.4) is 0 Å². The molecule has 0 unspecified atom stereocenters. The van der Waals surface area contributed by atoms with E-state index in [0.29, 0.717) is 17.2 Å². The van der Waals surface area contributed by atoms with Gasteiger partial charge in [-0.1, -0.05) is 0 Å². The van der Waals surface area contributed by atoms with E-state index < -0.39 is 35.5 Å². The van der Waals surface area contributed by atoms with Crippen LogP contribution in [0.1, 0.15) is 62.1 Å². The first kappa shape index (κ1) is 40.2. The lowest BCUT2D eigenvalue weighted by Gasteiger charge is -2.38. The Bertz CT molecular complexity index is 2420. The van der Waals surface area contributed by atoms with Crippen molar-refractivity contribution >= 4 is 70.2 Å². The van der Waals surface area contributed by atoms with E-state index in [1.54, 1.807) is 80.5 Å². The summed E-state index contributed by atoms with van der Waals surface area (Å²) in [5.74, 6) is -2.83. The molecule has 1 aliphatic heterocycles. The summed E-state index contributed by atoms with van der Waals surface area (Å²) in [4.78, 5) is 103. The van der Waals surface area contributed by atoms with Crippen LogP contribution in [0.15, 0.2) is 49.3 Å². The van der Waals surface area contributed by atoms with Gasteiger partial charge in [-0.3, -0.25) is 28.8 Å². The summed E-state index contributed by atoms with van der Waals surface area (Å²) in [5, 5.41) is 13.4. The van der Waals surface area contributed by atoms with Crippen molar-refractivity contribution in [1.29, 1.82) is 0 Å². The first-order valence-electron chi connectivity index (χ1n) is 18.0. The largest absolute Gasteiger partial charge is 0.460 e. The van der Waals surface area contributed by atoms with Gasteiger partial charge in [0.05, 0.1) is 23.9 Å². The summed E-state index contributed by atoms with van der Waals surface area (Å²) in [6.45, 7) is 2.18. The highest BCUT2D eigenvalue weighted by atomic mass is 16.5. The van der Waals surface area contributed by atoms with Crippen LogP contribution in [0.2, 0.25) is 0 Å². The highest BCUT2D eigenvalue weighted by Gasteiger charge is 2.37. The predicted molar refractivity (Wildman–Crippen MR) is 207 cm³/mol. The molecule has 22 heteroatoms. The lowest BCUT2D eigenvalue weighted by molar-refractivity contribution is -0.123. The standard InChI is InChI=1S/C36H42N14O8/c1-7-58-36(57)31-42-25(19-49(31)6)43-32(53)20-14-50(15-20)35(56)23-12-21(16-46(23)3)38-34(55)30-41-24(18-48(30)5)40-27(51)8-9-28(52)44-26-13-22(17-47(26)4)39-33(54)29-37-10-11-45(29)2/h10-13,16-20H,7-9,14-15H2,1-6H3,(H,38,55)(H,39,54)(H,40,51)(H,43,53)(H,44,52). The van der Waals surface area contributed by atoms with E-state index >= 15 is 0 Å². The van der Waals surface area contributed by atoms with E-state index in [0.717, 1.165) is 0 Å². The van der Waals surface area contributed by atoms with E-state index in [4.69, 9.17) is 4.74 Å². The number of anilines is 5. The molecule has 6 rings (SSSR count). The van der Waals surface area contributed by atoms with Gasteiger partial charge in [-0.15, -0.1) is 0 Å². The number of nitrogens with one attached hydrogen (secondary N) is 5. The molecule has 1 aliphatic rings. The number of imidazole rings is 3. The van der Waals surface area contributed by atoms with Crippen LogP contribution in [0, 0.1) is 5.92 Å². The number of esters is 1. The zero-order valence-electron chi connectivity index (χ0n) is 32.5. The molecule has 1 fully saturated rings. The van der Waals surface area contributed by atoms with Gasteiger partial charge in [0.25, 0.3) is 17.7 Å². The highest BCUT2D eigenvalue weighted by molar-refractivity contribution is 6.05. The summed E-state index contributed by atoms with van der Waals surface area (Å²) >= 11 is 0. The molecule has 5 N–H and O–H groups in total. The monoisotopic (exact) mass is 798 g/mol. The van der Waals surface area contributed by atoms with Gasteiger partial charge in [-0.05, 0) is 13.0 Å². The molecule has 0 saturated carbocycles. The third kappa shape index (κ3) is 8.95. The van der Waals surface area contributed by atoms with E-state index in [-0.39, 0.29) is 79.2 Å². The van der Waals surface area contributed by atoms with E-state index in [1.807, 2.05) is 0 Å². The average Bonchev–Trinajstić information content (AvgIpc) is 3.96. The number of amides is 6. The number of hydrogen-bond donors (Lipinski definition) is 5. The maximum atomic E-state index is 13.3.